The molecule has 1 atom stereocenters. The molecule has 0 spiro atoms. The predicted molar refractivity (Wildman–Crippen MR) is 79.6 cm³/mol. The third kappa shape index (κ3) is 2.49. The first-order valence-corrected chi connectivity index (χ1v) is 7.31. The maximum absolute atomic E-state index is 10.3. The van der Waals surface area contributed by atoms with Gasteiger partial charge in [0.1, 0.15) is 21.8 Å². The van der Waals surface area contributed by atoms with Crippen LogP contribution in [0.5, 0.6) is 0 Å². The van der Waals surface area contributed by atoms with Crippen LogP contribution in [0.1, 0.15) is 17.4 Å². The van der Waals surface area contributed by atoms with Crippen LogP contribution < -0.4 is 0 Å². The van der Waals surface area contributed by atoms with Gasteiger partial charge in [-0.3, -0.25) is 0 Å². The smallest absolute Gasteiger partial charge is 0.139 e. The van der Waals surface area contributed by atoms with Crippen molar-refractivity contribution in [2.45, 2.75) is 6.10 Å². The molecular weight excluding hydrogens is 327 g/mol. The fourth-order valence-electron chi connectivity index (χ4n) is 1.86. The van der Waals surface area contributed by atoms with Crippen molar-refractivity contribution < 1.29 is 9.52 Å². The second-order valence-electron chi connectivity index (χ2n) is 4.01. The minimum Gasteiger partial charge on any atom is -0.458 e. The maximum atomic E-state index is 10.3. The first-order valence-electron chi connectivity index (χ1n) is 5.36. The third-order valence-corrected chi connectivity index (χ3v) is 4.50. The number of rotatable bonds is 2. The van der Waals surface area contributed by atoms with Crippen LogP contribution in [0.15, 0.2) is 34.7 Å². The van der Waals surface area contributed by atoms with Gasteiger partial charge in [-0.15, -0.1) is 11.3 Å². The monoisotopic (exact) mass is 332 g/mol. The number of hydrogen-bond acceptors (Lipinski definition) is 3. The average Bonchev–Trinajstić information content (AvgIpc) is 2.91. The first-order chi connectivity index (χ1) is 9.04. The Morgan fingerprint density at radius 2 is 1.89 bits per heavy atom. The number of fused-ring (bicyclic) bond motifs is 1. The fraction of sp³-hybridized carbons (Fsp3) is 0.0769. The van der Waals surface area contributed by atoms with Crippen LogP contribution in [-0.2, 0) is 0 Å². The van der Waals surface area contributed by atoms with E-state index in [1.807, 2.05) is 0 Å². The molecule has 0 aliphatic rings. The number of aliphatic hydroxyl groups excluding tert-OH is 1. The molecule has 1 unspecified atom stereocenters. The topological polar surface area (TPSA) is 33.4 Å². The molecule has 1 aromatic carbocycles. The highest BCUT2D eigenvalue weighted by atomic mass is 35.5. The Kier molecular flexibility index (Phi) is 3.50. The van der Waals surface area contributed by atoms with Gasteiger partial charge >= 0.3 is 0 Å². The largest absolute Gasteiger partial charge is 0.458 e. The minimum absolute atomic E-state index is 0.411. The lowest BCUT2D eigenvalue weighted by molar-refractivity contribution is 0.193. The number of benzene rings is 1. The van der Waals surface area contributed by atoms with Gasteiger partial charge in [-0.2, -0.15) is 0 Å². The number of hydrogen-bond donors (Lipinski definition) is 1. The van der Waals surface area contributed by atoms with Crippen molar-refractivity contribution >= 4 is 57.1 Å². The molecule has 19 heavy (non-hydrogen) atoms. The molecule has 0 aliphatic heterocycles. The standard InChI is InChI=1S/C13H7Cl3O2S/c14-7-1-2-9-6(3-7)4-10(18-9)12(17)8-5-11(15)19-13(8)16/h1-5,12,17H. The summed E-state index contributed by atoms with van der Waals surface area (Å²) < 4.78 is 6.58. The Hall–Kier alpha value is -0.710. The summed E-state index contributed by atoms with van der Waals surface area (Å²) in [6.45, 7) is 0. The van der Waals surface area contributed by atoms with Gasteiger partial charge in [-0.1, -0.05) is 34.8 Å². The summed E-state index contributed by atoms with van der Waals surface area (Å²) in [6, 6.07) is 8.65. The normalized spacial score (nSPS) is 13.1. The van der Waals surface area contributed by atoms with Crippen LogP contribution >= 0.6 is 46.1 Å². The molecule has 2 heterocycles. The third-order valence-electron chi connectivity index (χ3n) is 2.74. The van der Waals surface area contributed by atoms with E-state index in [0.717, 1.165) is 5.39 Å². The lowest BCUT2D eigenvalue weighted by Gasteiger charge is -2.05. The molecule has 0 aliphatic carbocycles. The zero-order valence-electron chi connectivity index (χ0n) is 9.36. The Morgan fingerprint density at radius 3 is 2.58 bits per heavy atom. The quantitative estimate of drug-likeness (QED) is 0.668. The van der Waals surface area contributed by atoms with Crippen molar-refractivity contribution in [1.29, 1.82) is 0 Å². The van der Waals surface area contributed by atoms with Crippen LogP contribution in [0.3, 0.4) is 0 Å². The van der Waals surface area contributed by atoms with Crippen LogP contribution in [0, 0.1) is 0 Å². The molecule has 0 saturated carbocycles. The first kappa shape index (κ1) is 13.3. The molecule has 0 saturated heterocycles. The van der Waals surface area contributed by atoms with Gasteiger partial charge in [-0.05, 0) is 30.3 Å². The molecule has 6 heteroatoms. The number of halogens is 3. The SMILES string of the molecule is OC(c1cc2cc(Cl)ccc2o1)c1cc(Cl)sc1Cl. The summed E-state index contributed by atoms with van der Waals surface area (Å²) in [6.07, 6.45) is -0.942. The van der Waals surface area contributed by atoms with E-state index in [9.17, 15) is 5.11 Å². The zero-order chi connectivity index (χ0) is 13.6. The Morgan fingerprint density at radius 1 is 1.11 bits per heavy atom. The van der Waals surface area contributed by atoms with Crippen molar-refractivity contribution in [2.24, 2.45) is 0 Å². The molecule has 3 rings (SSSR count). The summed E-state index contributed by atoms with van der Waals surface area (Å²) >= 11 is 19.0. The summed E-state index contributed by atoms with van der Waals surface area (Å²) in [4.78, 5) is 0. The molecule has 0 bridgehead atoms. The molecule has 98 valence electrons. The van der Waals surface area contributed by atoms with Gasteiger partial charge in [0.2, 0.25) is 0 Å². The van der Waals surface area contributed by atoms with E-state index in [4.69, 9.17) is 39.2 Å². The van der Waals surface area contributed by atoms with E-state index in [1.54, 1.807) is 30.3 Å². The van der Waals surface area contributed by atoms with Gasteiger partial charge in [-0.25, -0.2) is 0 Å². The highest BCUT2D eigenvalue weighted by molar-refractivity contribution is 7.20. The van der Waals surface area contributed by atoms with E-state index in [-0.39, 0.29) is 0 Å². The van der Waals surface area contributed by atoms with E-state index >= 15 is 0 Å². The average molecular weight is 334 g/mol. The Balaban J connectivity index is 2.06. The Labute approximate surface area is 128 Å². The van der Waals surface area contributed by atoms with Gasteiger partial charge in [0.15, 0.2) is 0 Å². The maximum Gasteiger partial charge on any atom is 0.139 e. The predicted octanol–water partition coefficient (Wildman–Crippen LogP) is 5.54. The second-order valence-corrected chi connectivity index (χ2v) is 6.74. The van der Waals surface area contributed by atoms with E-state index < -0.39 is 6.10 Å². The van der Waals surface area contributed by atoms with Gasteiger partial charge in [0.05, 0.1) is 4.34 Å². The summed E-state index contributed by atoms with van der Waals surface area (Å²) in [5.74, 6) is 0.411. The van der Waals surface area contributed by atoms with E-state index in [1.165, 1.54) is 11.3 Å². The van der Waals surface area contributed by atoms with Crippen LogP contribution in [-0.4, -0.2) is 5.11 Å². The summed E-state index contributed by atoms with van der Waals surface area (Å²) in [5, 5.41) is 11.7. The molecule has 0 fully saturated rings. The number of thiophene rings is 1. The van der Waals surface area contributed by atoms with Crippen LogP contribution in [0.4, 0.5) is 0 Å². The van der Waals surface area contributed by atoms with Crippen molar-refractivity contribution in [2.75, 3.05) is 0 Å². The van der Waals surface area contributed by atoms with Crippen LogP contribution in [0.2, 0.25) is 13.7 Å². The minimum atomic E-state index is -0.942. The van der Waals surface area contributed by atoms with Crippen LogP contribution in [0.25, 0.3) is 11.0 Å². The molecule has 1 N–H and O–H groups in total. The zero-order valence-corrected chi connectivity index (χ0v) is 12.4. The second kappa shape index (κ2) is 5.00. The van der Waals surface area contributed by atoms with Gasteiger partial charge in [0, 0.05) is 16.0 Å². The fourth-order valence-corrected chi connectivity index (χ4v) is 3.56. The lowest BCUT2D eigenvalue weighted by atomic mass is 10.1. The number of aliphatic hydroxyl groups is 1. The Bertz CT molecular complexity index is 748. The highest BCUT2D eigenvalue weighted by Crippen LogP contribution is 2.38. The van der Waals surface area contributed by atoms with E-state index in [0.29, 0.717) is 30.6 Å². The van der Waals surface area contributed by atoms with Crippen molar-refractivity contribution in [3.63, 3.8) is 0 Å². The van der Waals surface area contributed by atoms with Gasteiger partial charge in [0.25, 0.3) is 0 Å². The molecule has 0 amide bonds. The van der Waals surface area contributed by atoms with Crippen molar-refractivity contribution in [3.8, 4) is 0 Å². The molecular formula is C13H7Cl3O2S. The molecule has 0 radical (unpaired) electrons. The molecule has 2 aromatic heterocycles. The van der Waals surface area contributed by atoms with Gasteiger partial charge < -0.3 is 9.52 Å². The summed E-state index contributed by atoms with van der Waals surface area (Å²) in [7, 11) is 0. The van der Waals surface area contributed by atoms with E-state index in [2.05, 4.69) is 0 Å². The number of furan rings is 1. The summed E-state index contributed by atoms with van der Waals surface area (Å²) in [5.41, 5.74) is 1.21. The lowest BCUT2D eigenvalue weighted by Crippen LogP contribution is -1.96. The molecule has 2 nitrogen and oxygen atoms in total. The van der Waals surface area contributed by atoms with Crippen molar-refractivity contribution in [3.05, 3.63) is 55.4 Å². The highest BCUT2D eigenvalue weighted by Gasteiger charge is 2.20. The van der Waals surface area contributed by atoms with Crippen molar-refractivity contribution in [1.82, 2.24) is 0 Å². The molecule has 3 aromatic rings.